The van der Waals surface area contributed by atoms with Gasteiger partial charge in [-0.25, -0.2) is 9.97 Å². The molecule has 102 valence electrons. The van der Waals surface area contributed by atoms with E-state index in [2.05, 4.69) is 15.1 Å². The second kappa shape index (κ2) is 5.09. The molecule has 3 aromatic rings. The molecule has 0 atom stereocenters. The lowest BCUT2D eigenvalue weighted by molar-refractivity contribution is 0.525. The van der Waals surface area contributed by atoms with Crippen LogP contribution >= 0.6 is 11.6 Å². The second-order valence-corrected chi connectivity index (χ2v) is 4.81. The number of hydrogen-bond acceptors (Lipinski definition) is 4. The Morgan fingerprint density at radius 1 is 1.30 bits per heavy atom. The van der Waals surface area contributed by atoms with Gasteiger partial charge in [-0.15, -0.1) is 0 Å². The lowest BCUT2D eigenvalue weighted by Crippen LogP contribution is -1.91. The standard InChI is InChI=1S/C14H13ClN4O/c1-3-10-4-5-12(20-10)14-17-11(6-13(15)18-14)9-7-16-19(2)8-9/h4-8H,3H2,1-2H3. The smallest absolute Gasteiger partial charge is 0.197 e. The van der Waals surface area contributed by atoms with Crippen LogP contribution in [0.3, 0.4) is 0 Å². The van der Waals surface area contributed by atoms with Crippen molar-refractivity contribution in [2.24, 2.45) is 7.05 Å². The molecule has 0 aliphatic carbocycles. The summed E-state index contributed by atoms with van der Waals surface area (Å²) in [5.74, 6) is 2.00. The highest BCUT2D eigenvalue weighted by Crippen LogP contribution is 2.25. The summed E-state index contributed by atoms with van der Waals surface area (Å²) >= 11 is 6.08. The first kappa shape index (κ1) is 12.9. The summed E-state index contributed by atoms with van der Waals surface area (Å²) in [6.45, 7) is 2.03. The molecule has 0 spiro atoms. The number of aryl methyl sites for hydroxylation is 2. The molecule has 0 unspecified atom stereocenters. The van der Waals surface area contributed by atoms with Gasteiger partial charge >= 0.3 is 0 Å². The molecule has 3 heterocycles. The molecule has 0 saturated heterocycles. The highest BCUT2D eigenvalue weighted by Gasteiger charge is 2.12. The van der Waals surface area contributed by atoms with Crippen LogP contribution in [0.5, 0.6) is 0 Å². The van der Waals surface area contributed by atoms with E-state index in [0.29, 0.717) is 16.7 Å². The molecule has 0 saturated carbocycles. The van der Waals surface area contributed by atoms with E-state index in [4.69, 9.17) is 16.0 Å². The van der Waals surface area contributed by atoms with E-state index in [1.807, 2.05) is 32.3 Å². The van der Waals surface area contributed by atoms with E-state index in [-0.39, 0.29) is 0 Å². The number of halogens is 1. The molecule has 20 heavy (non-hydrogen) atoms. The quantitative estimate of drug-likeness (QED) is 0.694. The molecule has 0 amide bonds. The molecular formula is C14H13ClN4O. The van der Waals surface area contributed by atoms with Gasteiger partial charge in [0.15, 0.2) is 11.6 Å². The lowest BCUT2D eigenvalue weighted by atomic mass is 10.2. The number of hydrogen-bond donors (Lipinski definition) is 0. The molecule has 5 nitrogen and oxygen atoms in total. The molecule has 0 aromatic carbocycles. The molecule has 0 aliphatic heterocycles. The van der Waals surface area contributed by atoms with Crippen LogP contribution in [0.4, 0.5) is 0 Å². The van der Waals surface area contributed by atoms with Gasteiger partial charge < -0.3 is 4.42 Å². The van der Waals surface area contributed by atoms with Crippen LogP contribution in [0, 0.1) is 0 Å². The summed E-state index contributed by atoms with van der Waals surface area (Å²) in [5, 5.41) is 4.51. The first-order chi connectivity index (χ1) is 9.65. The maximum Gasteiger partial charge on any atom is 0.197 e. The van der Waals surface area contributed by atoms with Crippen LogP contribution in [0.25, 0.3) is 22.8 Å². The zero-order valence-electron chi connectivity index (χ0n) is 11.2. The van der Waals surface area contributed by atoms with E-state index in [9.17, 15) is 0 Å². The topological polar surface area (TPSA) is 56.7 Å². The highest BCUT2D eigenvalue weighted by atomic mass is 35.5. The van der Waals surface area contributed by atoms with Gasteiger partial charge in [0.25, 0.3) is 0 Å². The molecule has 6 heteroatoms. The number of aromatic nitrogens is 4. The fourth-order valence-electron chi connectivity index (χ4n) is 1.92. The van der Waals surface area contributed by atoms with Crippen LogP contribution in [0.2, 0.25) is 5.15 Å². The number of nitrogens with zero attached hydrogens (tertiary/aromatic N) is 4. The zero-order valence-corrected chi connectivity index (χ0v) is 11.9. The van der Waals surface area contributed by atoms with Crippen LogP contribution in [0.1, 0.15) is 12.7 Å². The van der Waals surface area contributed by atoms with Crippen molar-refractivity contribution in [1.29, 1.82) is 0 Å². The van der Waals surface area contributed by atoms with Crippen molar-refractivity contribution < 1.29 is 4.42 Å². The molecule has 3 aromatic heterocycles. The fourth-order valence-corrected chi connectivity index (χ4v) is 2.10. The average Bonchev–Trinajstić information content (AvgIpc) is 3.06. The predicted molar refractivity (Wildman–Crippen MR) is 76.3 cm³/mol. The Labute approximate surface area is 121 Å². The Bertz CT molecular complexity index is 747. The highest BCUT2D eigenvalue weighted by molar-refractivity contribution is 6.29. The third-order valence-electron chi connectivity index (χ3n) is 2.93. The van der Waals surface area contributed by atoms with E-state index >= 15 is 0 Å². The summed E-state index contributed by atoms with van der Waals surface area (Å²) in [5.41, 5.74) is 1.61. The maximum atomic E-state index is 6.08. The van der Waals surface area contributed by atoms with E-state index < -0.39 is 0 Å². The van der Waals surface area contributed by atoms with Gasteiger partial charge in [0.2, 0.25) is 0 Å². The lowest BCUT2D eigenvalue weighted by Gasteiger charge is -2.01. The van der Waals surface area contributed by atoms with E-state index in [0.717, 1.165) is 23.4 Å². The van der Waals surface area contributed by atoms with Crippen molar-refractivity contribution in [1.82, 2.24) is 19.7 Å². The minimum absolute atomic E-state index is 0.378. The Morgan fingerprint density at radius 2 is 2.15 bits per heavy atom. The van der Waals surface area contributed by atoms with Crippen LogP contribution in [0.15, 0.2) is 35.0 Å². The van der Waals surface area contributed by atoms with Crippen LogP contribution < -0.4 is 0 Å². The molecule has 0 N–H and O–H groups in total. The normalized spacial score (nSPS) is 10.9. The van der Waals surface area contributed by atoms with Gasteiger partial charge in [0.1, 0.15) is 10.9 Å². The van der Waals surface area contributed by atoms with Crippen molar-refractivity contribution in [2.45, 2.75) is 13.3 Å². The number of furan rings is 1. The van der Waals surface area contributed by atoms with Crippen molar-refractivity contribution >= 4 is 11.6 Å². The molecule has 0 fully saturated rings. The Kier molecular flexibility index (Phi) is 3.28. The predicted octanol–water partition coefficient (Wildman–Crippen LogP) is 3.35. The van der Waals surface area contributed by atoms with E-state index in [1.54, 1.807) is 16.9 Å². The van der Waals surface area contributed by atoms with Crippen molar-refractivity contribution in [3.63, 3.8) is 0 Å². The van der Waals surface area contributed by atoms with Gasteiger partial charge in [-0.1, -0.05) is 18.5 Å². The third kappa shape index (κ3) is 2.44. The largest absolute Gasteiger partial charge is 0.458 e. The molecule has 3 rings (SSSR count). The SMILES string of the molecule is CCc1ccc(-c2nc(Cl)cc(-c3cnn(C)c3)n2)o1. The van der Waals surface area contributed by atoms with Gasteiger partial charge in [-0.3, -0.25) is 4.68 Å². The third-order valence-corrected chi connectivity index (χ3v) is 3.12. The fraction of sp³-hybridized carbons (Fsp3) is 0.214. The van der Waals surface area contributed by atoms with Crippen molar-refractivity contribution in [3.05, 3.63) is 41.5 Å². The molecule has 0 bridgehead atoms. The maximum absolute atomic E-state index is 6.08. The Balaban J connectivity index is 2.06. The summed E-state index contributed by atoms with van der Waals surface area (Å²) < 4.78 is 7.38. The zero-order chi connectivity index (χ0) is 14.1. The second-order valence-electron chi connectivity index (χ2n) is 4.42. The minimum atomic E-state index is 0.378. The van der Waals surface area contributed by atoms with Gasteiger partial charge in [0, 0.05) is 31.3 Å². The Morgan fingerprint density at radius 3 is 2.80 bits per heavy atom. The number of rotatable bonds is 3. The summed E-state index contributed by atoms with van der Waals surface area (Å²) in [4.78, 5) is 8.71. The van der Waals surface area contributed by atoms with Crippen molar-refractivity contribution in [3.8, 4) is 22.8 Å². The summed E-state index contributed by atoms with van der Waals surface area (Å²) in [6.07, 6.45) is 4.44. The van der Waals surface area contributed by atoms with Gasteiger partial charge in [-0.2, -0.15) is 5.10 Å². The van der Waals surface area contributed by atoms with Crippen LogP contribution in [-0.4, -0.2) is 19.7 Å². The van der Waals surface area contributed by atoms with E-state index in [1.165, 1.54) is 0 Å². The Hall–Kier alpha value is -2.14. The average molecular weight is 289 g/mol. The monoisotopic (exact) mass is 288 g/mol. The van der Waals surface area contributed by atoms with Gasteiger partial charge in [-0.05, 0) is 12.1 Å². The minimum Gasteiger partial charge on any atom is -0.458 e. The summed E-state index contributed by atoms with van der Waals surface area (Å²) in [7, 11) is 1.85. The summed E-state index contributed by atoms with van der Waals surface area (Å²) in [6, 6.07) is 5.49. The van der Waals surface area contributed by atoms with Gasteiger partial charge in [0.05, 0.1) is 11.9 Å². The van der Waals surface area contributed by atoms with Crippen molar-refractivity contribution in [2.75, 3.05) is 0 Å². The first-order valence-electron chi connectivity index (χ1n) is 6.28. The molecular weight excluding hydrogens is 276 g/mol. The molecule has 0 aliphatic rings. The molecule has 0 radical (unpaired) electrons. The first-order valence-corrected chi connectivity index (χ1v) is 6.66. The van der Waals surface area contributed by atoms with Crippen LogP contribution in [-0.2, 0) is 13.5 Å².